The molecular weight excluding hydrogens is 290 g/mol. The van der Waals surface area contributed by atoms with Crippen molar-refractivity contribution >= 4 is 11.9 Å². The van der Waals surface area contributed by atoms with Crippen molar-refractivity contribution in [2.24, 2.45) is 16.5 Å². The van der Waals surface area contributed by atoms with Gasteiger partial charge in [0.25, 0.3) is 0 Å². The van der Waals surface area contributed by atoms with E-state index in [2.05, 4.69) is 10.3 Å². The average Bonchev–Trinajstić information content (AvgIpc) is 2.46. The molecule has 0 saturated carbocycles. The summed E-state index contributed by atoms with van der Waals surface area (Å²) >= 11 is 0. The standard InChI is InChI=1S/C13H20N5O4/c14-13(15)17-8-10(18(21)22)6-11(12(19)20)16-7-9-4-2-1-3-5-9/h1-5,10-11,16,21H,6-8H2,(H,19,20)(H4,14,15,17)/q-1. The van der Waals surface area contributed by atoms with Gasteiger partial charge in [-0.1, -0.05) is 30.3 Å². The molecule has 122 valence electrons. The van der Waals surface area contributed by atoms with Crippen molar-refractivity contribution in [1.29, 1.82) is 0 Å². The number of nitrogens with zero attached hydrogens (tertiary/aromatic N) is 2. The van der Waals surface area contributed by atoms with Gasteiger partial charge in [0.15, 0.2) is 5.96 Å². The fourth-order valence-corrected chi connectivity index (χ4v) is 1.83. The summed E-state index contributed by atoms with van der Waals surface area (Å²) in [5.74, 6) is -1.37. The summed E-state index contributed by atoms with van der Waals surface area (Å²) in [5, 5.41) is 31.8. The third-order valence-electron chi connectivity index (χ3n) is 3.00. The van der Waals surface area contributed by atoms with E-state index in [1.165, 1.54) is 0 Å². The number of hydrogen-bond donors (Lipinski definition) is 5. The Morgan fingerprint density at radius 1 is 1.36 bits per heavy atom. The van der Waals surface area contributed by atoms with Gasteiger partial charge < -0.3 is 32.3 Å². The number of carboxylic acids is 1. The van der Waals surface area contributed by atoms with Crippen LogP contribution in [-0.4, -0.2) is 46.1 Å². The lowest BCUT2D eigenvalue weighted by molar-refractivity contribution is -0.141. The van der Waals surface area contributed by atoms with E-state index >= 15 is 0 Å². The number of hydroxylamine groups is 2. The fraction of sp³-hybridized carbons (Fsp3) is 0.385. The second-order valence-electron chi connectivity index (χ2n) is 4.71. The number of hydrogen-bond acceptors (Lipinski definition) is 6. The molecule has 9 heteroatoms. The minimum Gasteiger partial charge on any atom is -0.762 e. The summed E-state index contributed by atoms with van der Waals surface area (Å²) in [6, 6.07) is 7.12. The molecule has 0 saturated heterocycles. The molecule has 1 aromatic carbocycles. The monoisotopic (exact) mass is 310 g/mol. The molecule has 0 amide bonds. The van der Waals surface area contributed by atoms with E-state index in [-0.39, 0.29) is 24.2 Å². The first kappa shape index (κ1) is 17.9. The van der Waals surface area contributed by atoms with Crippen LogP contribution >= 0.6 is 0 Å². The largest absolute Gasteiger partial charge is 0.762 e. The fourth-order valence-electron chi connectivity index (χ4n) is 1.83. The van der Waals surface area contributed by atoms with Crippen molar-refractivity contribution < 1.29 is 15.1 Å². The van der Waals surface area contributed by atoms with Crippen LogP contribution < -0.4 is 16.8 Å². The molecule has 0 aliphatic heterocycles. The summed E-state index contributed by atoms with van der Waals surface area (Å²) in [6.45, 7) is 0.121. The highest BCUT2D eigenvalue weighted by molar-refractivity contribution is 5.75. The summed E-state index contributed by atoms with van der Waals surface area (Å²) in [6.07, 6.45) is -0.154. The molecule has 0 radical (unpaired) electrons. The van der Waals surface area contributed by atoms with Gasteiger partial charge in [-0.15, -0.1) is 0 Å². The smallest absolute Gasteiger partial charge is 0.320 e. The molecule has 0 aliphatic rings. The Hall–Kier alpha value is -2.20. The number of guanidine groups is 1. The van der Waals surface area contributed by atoms with Crippen LogP contribution in [0.25, 0.3) is 0 Å². The zero-order chi connectivity index (χ0) is 16.5. The normalized spacial score (nSPS) is 13.6. The number of aliphatic imine (C=N–C) groups is 1. The third-order valence-corrected chi connectivity index (χ3v) is 3.00. The molecule has 0 spiro atoms. The summed E-state index contributed by atoms with van der Waals surface area (Å²) < 4.78 is 0. The van der Waals surface area contributed by atoms with E-state index in [1.54, 1.807) is 0 Å². The van der Waals surface area contributed by atoms with Crippen LogP contribution in [0.3, 0.4) is 0 Å². The van der Waals surface area contributed by atoms with Gasteiger partial charge in [-0.05, 0) is 12.0 Å². The van der Waals surface area contributed by atoms with Crippen LogP contribution in [0.2, 0.25) is 0 Å². The molecule has 7 N–H and O–H groups in total. The number of benzene rings is 1. The Morgan fingerprint density at radius 2 is 2.00 bits per heavy atom. The van der Waals surface area contributed by atoms with Crippen molar-refractivity contribution in [3.63, 3.8) is 0 Å². The van der Waals surface area contributed by atoms with Gasteiger partial charge in [-0.2, -0.15) is 0 Å². The molecule has 0 heterocycles. The Bertz CT molecular complexity index is 490. The minimum atomic E-state index is -1.13. The van der Waals surface area contributed by atoms with Crippen LogP contribution in [-0.2, 0) is 11.3 Å². The number of carbonyl (C=O) groups is 1. The first-order valence-electron chi connectivity index (χ1n) is 6.61. The van der Waals surface area contributed by atoms with Crippen LogP contribution in [0.5, 0.6) is 0 Å². The van der Waals surface area contributed by atoms with Gasteiger partial charge in [0, 0.05) is 12.6 Å². The van der Waals surface area contributed by atoms with Gasteiger partial charge in [-0.25, -0.2) is 0 Å². The Labute approximate surface area is 127 Å². The highest BCUT2D eigenvalue weighted by atomic mass is 16.8. The molecule has 0 bridgehead atoms. The molecule has 1 rings (SSSR count). The van der Waals surface area contributed by atoms with Crippen molar-refractivity contribution in [2.75, 3.05) is 6.54 Å². The van der Waals surface area contributed by atoms with E-state index in [4.69, 9.17) is 16.7 Å². The second-order valence-corrected chi connectivity index (χ2v) is 4.71. The maximum Gasteiger partial charge on any atom is 0.320 e. The molecule has 22 heavy (non-hydrogen) atoms. The highest BCUT2D eigenvalue weighted by Crippen LogP contribution is 2.07. The van der Waals surface area contributed by atoms with Crippen molar-refractivity contribution in [3.8, 4) is 0 Å². The zero-order valence-corrected chi connectivity index (χ0v) is 11.9. The number of aliphatic carboxylic acids is 1. The lowest BCUT2D eigenvalue weighted by Gasteiger charge is -2.31. The second kappa shape index (κ2) is 8.95. The van der Waals surface area contributed by atoms with Crippen LogP contribution in [0.15, 0.2) is 35.3 Å². The molecule has 2 unspecified atom stereocenters. The molecule has 1 aromatic rings. The molecule has 0 aromatic heterocycles. The molecule has 0 aliphatic carbocycles. The van der Waals surface area contributed by atoms with E-state index in [1.807, 2.05) is 30.3 Å². The van der Waals surface area contributed by atoms with Crippen molar-refractivity contribution in [1.82, 2.24) is 10.5 Å². The molecule has 0 fully saturated rings. The molecular formula is C13H20N5O4-. The molecule has 2 atom stereocenters. The van der Waals surface area contributed by atoms with Crippen molar-refractivity contribution in [2.45, 2.75) is 25.0 Å². The van der Waals surface area contributed by atoms with Crippen LogP contribution in [0.4, 0.5) is 0 Å². The summed E-state index contributed by atoms with van der Waals surface area (Å²) in [5.41, 5.74) is 11.2. The third kappa shape index (κ3) is 6.50. The quantitative estimate of drug-likeness (QED) is 0.231. The van der Waals surface area contributed by atoms with E-state index in [9.17, 15) is 15.1 Å². The van der Waals surface area contributed by atoms with Gasteiger partial charge in [0.05, 0.1) is 6.54 Å². The number of nitrogens with one attached hydrogen (secondary N) is 1. The zero-order valence-electron chi connectivity index (χ0n) is 11.9. The predicted molar refractivity (Wildman–Crippen MR) is 80.8 cm³/mol. The maximum absolute atomic E-state index is 11.3. The van der Waals surface area contributed by atoms with Crippen LogP contribution in [0, 0.1) is 5.21 Å². The van der Waals surface area contributed by atoms with E-state index in [0.29, 0.717) is 6.54 Å². The van der Waals surface area contributed by atoms with E-state index < -0.39 is 18.1 Å². The lowest BCUT2D eigenvalue weighted by atomic mass is 10.1. The van der Waals surface area contributed by atoms with Gasteiger partial charge >= 0.3 is 5.97 Å². The maximum atomic E-state index is 11.3. The van der Waals surface area contributed by atoms with E-state index in [0.717, 1.165) is 5.56 Å². The average molecular weight is 310 g/mol. The predicted octanol–water partition coefficient (Wildman–Crippen LogP) is -0.549. The lowest BCUT2D eigenvalue weighted by Crippen LogP contribution is -2.43. The number of carboxylic acid groups (broad SMARTS) is 1. The van der Waals surface area contributed by atoms with Gasteiger partial charge in [0.1, 0.15) is 6.04 Å². The first-order chi connectivity index (χ1) is 10.4. The first-order valence-corrected chi connectivity index (χ1v) is 6.61. The number of rotatable bonds is 9. The highest BCUT2D eigenvalue weighted by Gasteiger charge is 2.22. The van der Waals surface area contributed by atoms with Gasteiger partial charge in [-0.3, -0.25) is 15.0 Å². The Morgan fingerprint density at radius 3 is 2.50 bits per heavy atom. The Balaban J connectivity index is 2.64. The Kier molecular flexibility index (Phi) is 7.26. The van der Waals surface area contributed by atoms with Crippen LogP contribution in [0.1, 0.15) is 12.0 Å². The number of nitrogens with two attached hydrogens (primary N) is 2. The topological polar surface area (TPSA) is 160 Å². The summed E-state index contributed by atoms with van der Waals surface area (Å²) in [4.78, 5) is 14.9. The van der Waals surface area contributed by atoms with Crippen molar-refractivity contribution in [3.05, 3.63) is 41.1 Å². The summed E-state index contributed by atoms with van der Waals surface area (Å²) in [7, 11) is 0. The minimum absolute atomic E-state index is 0.154. The molecule has 9 nitrogen and oxygen atoms in total. The SMILES string of the molecule is NC(N)=NCC(CC(NCc1ccccc1)C(=O)O)N([O-])O. The van der Waals surface area contributed by atoms with Gasteiger partial charge in [0.2, 0.25) is 0 Å².